The van der Waals surface area contributed by atoms with E-state index in [0.717, 1.165) is 87.7 Å². The van der Waals surface area contributed by atoms with Crippen molar-refractivity contribution in [3.05, 3.63) is 170 Å². The van der Waals surface area contributed by atoms with Gasteiger partial charge in [0.25, 0.3) is 0 Å². The van der Waals surface area contributed by atoms with Gasteiger partial charge in [0.1, 0.15) is 10.8 Å². The Morgan fingerprint density at radius 1 is 0.604 bits per heavy atom. The minimum Gasteiger partial charge on any atom is -0.278 e. The number of rotatable bonds is 6. The lowest BCUT2D eigenvalue weighted by atomic mass is 9.89. The second kappa shape index (κ2) is 12.9. The van der Waals surface area contributed by atoms with E-state index in [2.05, 4.69) is 139 Å². The summed E-state index contributed by atoms with van der Waals surface area (Å²) >= 11 is 1.71. The zero-order chi connectivity index (χ0) is 35.3. The monoisotopic (exact) mass is 700 g/mol. The third-order valence-electron chi connectivity index (χ3n) is 10.1. The number of aromatic nitrogens is 6. The maximum atomic E-state index is 5.09. The van der Waals surface area contributed by atoms with Crippen molar-refractivity contribution in [1.82, 2.24) is 29.7 Å². The predicted molar refractivity (Wildman–Crippen MR) is 217 cm³/mol. The topological polar surface area (TPSA) is 69.4 Å². The van der Waals surface area contributed by atoms with Gasteiger partial charge in [-0.2, -0.15) is 0 Å². The Kier molecular flexibility index (Phi) is 7.58. The molecule has 0 saturated heterocycles. The van der Waals surface area contributed by atoms with Crippen molar-refractivity contribution in [2.45, 2.75) is 12.8 Å². The van der Waals surface area contributed by atoms with Crippen LogP contribution in [0.4, 0.5) is 0 Å². The Hall–Kier alpha value is -6.57. The van der Waals surface area contributed by atoms with E-state index in [4.69, 9.17) is 25.1 Å². The molecule has 252 valence electrons. The van der Waals surface area contributed by atoms with Crippen LogP contribution in [0.5, 0.6) is 0 Å². The summed E-state index contributed by atoms with van der Waals surface area (Å²) in [6, 6.07) is 44.7. The molecule has 1 aliphatic rings. The minimum absolute atomic E-state index is 0.110. The third kappa shape index (κ3) is 5.53. The first-order valence-electron chi connectivity index (χ1n) is 17.8. The molecule has 0 bridgehead atoms. The maximum Gasteiger partial charge on any atom is 0.168 e. The number of hydrogen-bond acceptors (Lipinski definition) is 6. The number of fused-ring (bicyclic) bond motifs is 4. The molecule has 9 aromatic rings. The number of allylic oxidation sites excluding steroid dienone is 4. The van der Waals surface area contributed by atoms with Gasteiger partial charge in [-0.15, -0.1) is 21.5 Å². The summed E-state index contributed by atoms with van der Waals surface area (Å²) in [6.45, 7) is 2.23. The summed E-state index contributed by atoms with van der Waals surface area (Å²) in [5, 5.41) is 12.8. The Morgan fingerprint density at radius 3 is 2.25 bits per heavy atom. The van der Waals surface area contributed by atoms with Crippen molar-refractivity contribution in [3.8, 4) is 49.9 Å². The number of hydrogen-bond donors (Lipinski definition) is 0. The summed E-state index contributed by atoms with van der Waals surface area (Å²) in [6.07, 6.45) is 12.4. The highest BCUT2D eigenvalue weighted by Gasteiger charge is 2.26. The first kappa shape index (κ1) is 31.2. The Bertz CT molecular complexity index is 2850. The average molecular weight is 701 g/mol. The quantitative estimate of drug-likeness (QED) is 0.162. The summed E-state index contributed by atoms with van der Waals surface area (Å²) in [4.78, 5) is 14.6. The van der Waals surface area contributed by atoms with Crippen molar-refractivity contribution in [2.24, 2.45) is 5.92 Å². The number of nitrogens with zero attached hydrogens (tertiary/aromatic N) is 6. The highest BCUT2D eigenvalue weighted by atomic mass is 32.1. The standard InChI is InChI=1S/C46H32N6S/c1-29-12-5-6-18-37(29)45-51-50-44(52(45)36-16-3-2-4-17-36)32-14-9-13-30(24-32)33-25-34(27-35(26-33)46-49-40-20-7-8-21-41(40)53-46)39-28-31-15-10-22-47-42(31)43-38(39)19-11-23-48-43/h2-29,37H,1H3. The molecule has 6 nitrogen and oxygen atoms in total. The highest BCUT2D eigenvalue weighted by molar-refractivity contribution is 7.21. The van der Waals surface area contributed by atoms with Gasteiger partial charge in [-0.1, -0.05) is 91.9 Å². The van der Waals surface area contributed by atoms with Gasteiger partial charge in [-0.05, 0) is 94.9 Å². The molecule has 0 spiro atoms. The van der Waals surface area contributed by atoms with Gasteiger partial charge in [0.05, 0.1) is 21.3 Å². The molecule has 4 heterocycles. The van der Waals surface area contributed by atoms with Crippen LogP contribution >= 0.6 is 11.3 Å². The van der Waals surface area contributed by atoms with Gasteiger partial charge in [0, 0.05) is 45.9 Å². The van der Waals surface area contributed by atoms with Crippen LogP contribution in [-0.4, -0.2) is 29.7 Å². The van der Waals surface area contributed by atoms with Gasteiger partial charge in [0.2, 0.25) is 0 Å². The zero-order valence-electron chi connectivity index (χ0n) is 28.8. The van der Waals surface area contributed by atoms with Gasteiger partial charge in [-0.25, -0.2) is 4.98 Å². The Labute approximate surface area is 310 Å². The second-order valence-electron chi connectivity index (χ2n) is 13.5. The molecular formula is C46H32N6S. The van der Waals surface area contributed by atoms with E-state index in [1.54, 1.807) is 11.3 Å². The molecule has 0 aliphatic heterocycles. The van der Waals surface area contributed by atoms with E-state index in [-0.39, 0.29) is 5.92 Å². The van der Waals surface area contributed by atoms with Crippen LogP contribution in [0, 0.1) is 5.92 Å². The average Bonchev–Trinajstić information content (AvgIpc) is 3.87. The number of para-hydroxylation sites is 2. The van der Waals surface area contributed by atoms with E-state index in [0.29, 0.717) is 5.92 Å². The largest absolute Gasteiger partial charge is 0.278 e. The SMILES string of the molecule is CC1C=CC=CC1c1nnc(-c2cccc(-c3cc(-c4nc5ccccc5s4)cc(-c4cc5cccnc5c5ncccc45)c3)c2)n1-c1ccccc1. The van der Waals surface area contributed by atoms with Crippen molar-refractivity contribution < 1.29 is 0 Å². The molecule has 0 fully saturated rings. The van der Waals surface area contributed by atoms with Gasteiger partial charge in [-0.3, -0.25) is 14.5 Å². The van der Waals surface area contributed by atoms with Crippen LogP contribution in [0.2, 0.25) is 0 Å². The summed E-state index contributed by atoms with van der Waals surface area (Å²) in [5.41, 5.74) is 10.2. The third-order valence-corrected chi connectivity index (χ3v) is 11.2. The van der Waals surface area contributed by atoms with E-state index in [1.165, 1.54) is 0 Å². The lowest BCUT2D eigenvalue weighted by Gasteiger charge is -2.21. The zero-order valence-corrected chi connectivity index (χ0v) is 29.7. The fraction of sp³-hybridized carbons (Fsp3) is 0.0652. The summed E-state index contributed by atoms with van der Waals surface area (Å²) in [5.74, 6) is 2.15. The van der Waals surface area contributed by atoms with Gasteiger partial charge < -0.3 is 0 Å². The van der Waals surface area contributed by atoms with Crippen LogP contribution < -0.4 is 0 Å². The van der Waals surface area contributed by atoms with Crippen LogP contribution in [0.3, 0.4) is 0 Å². The molecule has 5 aromatic carbocycles. The highest BCUT2D eigenvalue weighted by Crippen LogP contribution is 2.41. The first-order chi connectivity index (χ1) is 26.2. The first-order valence-corrected chi connectivity index (χ1v) is 18.6. The van der Waals surface area contributed by atoms with Crippen LogP contribution in [0.25, 0.3) is 81.9 Å². The van der Waals surface area contributed by atoms with Crippen LogP contribution in [0.1, 0.15) is 18.7 Å². The number of benzene rings is 5. The van der Waals surface area contributed by atoms with Crippen LogP contribution in [-0.2, 0) is 0 Å². The van der Waals surface area contributed by atoms with Crippen molar-refractivity contribution in [1.29, 1.82) is 0 Å². The molecule has 4 aromatic heterocycles. The van der Waals surface area contributed by atoms with E-state index < -0.39 is 0 Å². The van der Waals surface area contributed by atoms with Crippen molar-refractivity contribution in [3.63, 3.8) is 0 Å². The Morgan fingerprint density at radius 2 is 1.36 bits per heavy atom. The van der Waals surface area contributed by atoms with Gasteiger partial charge >= 0.3 is 0 Å². The summed E-state index contributed by atoms with van der Waals surface area (Å²) in [7, 11) is 0. The lowest BCUT2D eigenvalue weighted by molar-refractivity contribution is 0.592. The molecule has 0 amide bonds. The molecule has 2 unspecified atom stereocenters. The van der Waals surface area contributed by atoms with Crippen molar-refractivity contribution in [2.75, 3.05) is 0 Å². The number of pyridine rings is 2. The smallest absolute Gasteiger partial charge is 0.168 e. The maximum absolute atomic E-state index is 5.09. The molecule has 0 N–H and O–H groups in total. The molecule has 10 rings (SSSR count). The van der Waals surface area contributed by atoms with Gasteiger partial charge in [0.15, 0.2) is 5.82 Å². The lowest BCUT2D eigenvalue weighted by Crippen LogP contribution is -2.14. The molecule has 0 saturated carbocycles. The summed E-state index contributed by atoms with van der Waals surface area (Å²) < 4.78 is 3.38. The fourth-order valence-electron chi connectivity index (χ4n) is 7.49. The van der Waals surface area contributed by atoms with Crippen molar-refractivity contribution >= 4 is 43.4 Å². The number of thiazole rings is 1. The molecule has 7 heteroatoms. The van der Waals surface area contributed by atoms with Crippen LogP contribution in [0.15, 0.2) is 164 Å². The normalized spacial score (nSPS) is 15.5. The molecule has 0 radical (unpaired) electrons. The minimum atomic E-state index is 0.110. The fourth-order valence-corrected chi connectivity index (χ4v) is 8.45. The second-order valence-corrected chi connectivity index (χ2v) is 14.5. The molecule has 53 heavy (non-hydrogen) atoms. The van der Waals surface area contributed by atoms with E-state index in [1.807, 2.05) is 36.7 Å². The molecule has 1 aliphatic carbocycles. The predicted octanol–water partition coefficient (Wildman–Crippen LogP) is 11.5. The molecule has 2 atom stereocenters. The Balaban J connectivity index is 1.17. The molecular weight excluding hydrogens is 669 g/mol. The van der Waals surface area contributed by atoms with E-state index >= 15 is 0 Å². The van der Waals surface area contributed by atoms with E-state index in [9.17, 15) is 0 Å².